The molecule has 106 valence electrons. The van der Waals surface area contributed by atoms with Gasteiger partial charge in [-0.1, -0.05) is 11.6 Å². The SMILES string of the molecule is CC(C)=CCN1CCC(NCCOCCO)CC1. The fourth-order valence-electron chi connectivity index (χ4n) is 2.13. The number of rotatable bonds is 8. The van der Waals surface area contributed by atoms with Gasteiger partial charge in [0.1, 0.15) is 0 Å². The molecule has 0 spiro atoms. The molecule has 0 aromatic rings. The second-order valence-corrected chi connectivity index (χ2v) is 5.15. The highest BCUT2D eigenvalue weighted by Crippen LogP contribution is 2.10. The first kappa shape index (κ1) is 15.6. The first-order valence-electron chi connectivity index (χ1n) is 7.00. The van der Waals surface area contributed by atoms with Gasteiger partial charge < -0.3 is 15.2 Å². The molecule has 4 nitrogen and oxygen atoms in total. The van der Waals surface area contributed by atoms with Gasteiger partial charge in [-0.25, -0.2) is 0 Å². The summed E-state index contributed by atoms with van der Waals surface area (Å²) >= 11 is 0. The highest BCUT2D eigenvalue weighted by Gasteiger charge is 2.17. The van der Waals surface area contributed by atoms with Crippen LogP contribution >= 0.6 is 0 Å². The first-order valence-corrected chi connectivity index (χ1v) is 7.00. The number of aliphatic hydroxyl groups excluding tert-OH is 1. The van der Waals surface area contributed by atoms with Crippen molar-refractivity contribution in [3.63, 3.8) is 0 Å². The van der Waals surface area contributed by atoms with Crippen LogP contribution in [0.1, 0.15) is 26.7 Å². The second-order valence-electron chi connectivity index (χ2n) is 5.15. The molecule has 4 heteroatoms. The minimum Gasteiger partial charge on any atom is -0.394 e. The number of ether oxygens (including phenoxy) is 1. The molecule has 1 aliphatic rings. The molecule has 1 fully saturated rings. The maximum atomic E-state index is 8.58. The molecule has 2 N–H and O–H groups in total. The van der Waals surface area contributed by atoms with Gasteiger partial charge in [-0.05, 0) is 39.8 Å². The fourth-order valence-corrected chi connectivity index (χ4v) is 2.13. The van der Waals surface area contributed by atoms with Gasteiger partial charge in [0.15, 0.2) is 0 Å². The van der Waals surface area contributed by atoms with Gasteiger partial charge in [0.05, 0.1) is 19.8 Å². The van der Waals surface area contributed by atoms with Crippen molar-refractivity contribution < 1.29 is 9.84 Å². The highest BCUT2D eigenvalue weighted by molar-refractivity contribution is 4.95. The zero-order valence-electron chi connectivity index (χ0n) is 11.8. The van der Waals surface area contributed by atoms with Crippen LogP contribution in [0.15, 0.2) is 11.6 Å². The van der Waals surface area contributed by atoms with Crippen molar-refractivity contribution in [2.24, 2.45) is 0 Å². The Kier molecular flexibility index (Phi) is 8.25. The van der Waals surface area contributed by atoms with Crippen molar-refractivity contribution in [3.8, 4) is 0 Å². The molecule has 0 aromatic heterocycles. The summed E-state index contributed by atoms with van der Waals surface area (Å²) in [7, 11) is 0. The van der Waals surface area contributed by atoms with Gasteiger partial charge in [0, 0.05) is 19.1 Å². The average Bonchev–Trinajstić information content (AvgIpc) is 2.37. The highest BCUT2D eigenvalue weighted by atomic mass is 16.5. The fraction of sp³-hybridized carbons (Fsp3) is 0.857. The van der Waals surface area contributed by atoms with E-state index in [1.807, 2.05) is 0 Å². The zero-order chi connectivity index (χ0) is 13.2. The van der Waals surface area contributed by atoms with E-state index in [-0.39, 0.29) is 6.61 Å². The number of nitrogens with one attached hydrogen (secondary N) is 1. The first-order chi connectivity index (χ1) is 8.72. The normalized spacial score (nSPS) is 17.9. The largest absolute Gasteiger partial charge is 0.394 e. The van der Waals surface area contributed by atoms with Crippen LogP contribution in [0.25, 0.3) is 0 Å². The van der Waals surface area contributed by atoms with Gasteiger partial charge in [0.2, 0.25) is 0 Å². The lowest BCUT2D eigenvalue weighted by atomic mass is 10.1. The monoisotopic (exact) mass is 256 g/mol. The van der Waals surface area contributed by atoms with E-state index in [1.54, 1.807) is 0 Å². The summed E-state index contributed by atoms with van der Waals surface area (Å²) in [4.78, 5) is 2.51. The molecule has 0 atom stereocenters. The molecule has 18 heavy (non-hydrogen) atoms. The summed E-state index contributed by atoms with van der Waals surface area (Å²) in [6, 6.07) is 0.630. The number of aliphatic hydroxyl groups is 1. The second kappa shape index (κ2) is 9.50. The molecular weight excluding hydrogens is 228 g/mol. The Hall–Kier alpha value is -0.420. The predicted octanol–water partition coefficient (Wildman–Crippen LogP) is 1.02. The molecule has 0 saturated carbocycles. The average molecular weight is 256 g/mol. The third-order valence-electron chi connectivity index (χ3n) is 3.26. The zero-order valence-corrected chi connectivity index (χ0v) is 11.8. The van der Waals surface area contributed by atoms with Crippen molar-refractivity contribution in [1.82, 2.24) is 10.2 Å². The third-order valence-corrected chi connectivity index (χ3v) is 3.26. The van der Waals surface area contributed by atoms with Crippen molar-refractivity contribution >= 4 is 0 Å². The standard InChI is InChI=1S/C14H28N2O2/c1-13(2)3-7-16-8-4-14(5-9-16)15-6-11-18-12-10-17/h3,14-15,17H,4-12H2,1-2H3. The molecule has 0 radical (unpaired) electrons. The smallest absolute Gasteiger partial charge is 0.0698 e. The third kappa shape index (κ3) is 7.11. The number of piperidine rings is 1. The van der Waals surface area contributed by atoms with Gasteiger partial charge in [-0.15, -0.1) is 0 Å². The lowest BCUT2D eigenvalue weighted by molar-refractivity contribution is 0.0906. The number of allylic oxidation sites excluding steroid dienone is 1. The maximum absolute atomic E-state index is 8.58. The predicted molar refractivity (Wildman–Crippen MR) is 74.8 cm³/mol. The lowest BCUT2D eigenvalue weighted by Crippen LogP contribution is -2.43. The minimum absolute atomic E-state index is 0.114. The van der Waals surface area contributed by atoms with E-state index in [2.05, 4.69) is 30.1 Å². The van der Waals surface area contributed by atoms with Crippen LogP contribution in [0.5, 0.6) is 0 Å². The Morgan fingerprint density at radius 3 is 2.67 bits per heavy atom. The van der Waals surface area contributed by atoms with E-state index in [9.17, 15) is 0 Å². The van der Waals surface area contributed by atoms with Crippen LogP contribution in [0.4, 0.5) is 0 Å². The van der Waals surface area contributed by atoms with Crippen LogP contribution in [0, 0.1) is 0 Å². The van der Waals surface area contributed by atoms with Gasteiger partial charge in [0.25, 0.3) is 0 Å². The van der Waals surface area contributed by atoms with Crippen LogP contribution in [0.2, 0.25) is 0 Å². The topological polar surface area (TPSA) is 44.7 Å². The van der Waals surface area contributed by atoms with E-state index in [0.717, 1.165) is 13.1 Å². The van der Waals surface area contributed by atoms with Crippen molar-refractivity contribution in [3.05, 3.63) is 11.6 Å². The Morgan fingerprint density at radius 2 is 2.06 bits per heavy atom. The molecule has 0 unspecified atom stereocenters. The van der Waals surface area contributed by atoms with Crippen molar-refractivity contribution in [2.75, 3.05) is 46.0 Å². The molecule has 1 heterocycles. The van der Waals surface area contributed by atoms with Crippen LogP contribution in [-0.2, 0) is 4.74 Å². The number of nitrogens with zero attached hydrogens (tertiary/aromatic N) is 1. The van der Waals surface area contributed by atoms with Crippen LogP contribution in [0.3, 0.4) is 0 Å². The number of hydrogen-bond donors (Lipinski definition) is 2. The maximum Gasteiger partial charge on any atom is 0.0698 e. The molecule has 1 saturated heterocycles. The minimum atomic E-state index is 0.114. The van der Waals surface area contributed by atoms with E-state index in [4.69, 9.17) is 9.84 Å². The van der Waals surface area contributed by atoms with E-state index in [1.165, 1.54) is 31.5 Å². The summed E-state index contributed by atoms with van der Waals surface area (Å²) in [5.41, 5.74) is 1.40. The van der Waals surface area contributed by atoms with E-state index < -0.39 is 0 Å². The van der Waals surface area contributed by atoms with Crippen molar-refractivity contribution in [1.29, 1.82) is 0 Å². The molecule has 1 rings (SSSR count). The summed E-state index contributed by atoms with van der Waals surface area (Å²) in [6.45, 7) is 9.90. The van der Waals surface area contributed by atoms with Crippen molar-refractivity contribution in [2.45, 2.75) is 32.7 Å². The van der Waals surface area contributed by atoms with E-state index in [0.29, 0.717) is 19.3 Å². The number of likely N-dealkylation sites (tertiary alicyclic amines) is 1. The Bertz CT molecular complexity index is 232. The van der Waals surface area contributed by atoms with E-state index >= 15 is 0 Å². The Balaban J connectivity index is 2.03. The molecular formula is C14H28N2O2. The van der Waals surface area contributed by atoms with Gasteiger partial charge >= 0.3 is 0 Å². The summed E-state index contributed by atoms with van der Waals surface area (Å²) < 4.78 is 5.23. The molecule has 0 amide bonds. The molecule has 0 bridgehead atoms. The quantitative estimate of drug-likeness (QED) is 0.503. The number of hydrogen-bond acceptors (Lipinski definition) is 4. The molecule has 0 aromatic carbocycles. The Morgan fingerprint density at radius 1 is 1.33 bits per heavy atom. The van der Waals surface area contributed by atoms with Crippen LogP contribution < -0.4 is 5.32 Å². The van der Waals surface area contributed by atoms with Gasteiger partial charge in [-0.2, -0.15) is 0 Å². The molecule has 0 aliphatic carbocycles. The summed E-state index contributed by atoms with van der Waals surface area (Å²) in [6.07, 6.45) is 4.74. The molecule has 1 aliphatic heterocycles. The van der Waals surface area contributed by atoms with Gasteiger partial charge in [-0.3, -0.25) is 4.90 Å². The summed E-state index contributed by atoms with van der Waals surface area (Å²) in [5.74, 6) is 0. The van der Waals surface area contributed by atoms with Crippen LogP contribution in [-0.4, -0.2) is 62.0 Å². The lowest BCUT2D eigenvalue weighted by Gasteiger charge is -2.31. The summed E-state index contributed by atoms with van der Waals surface area (Å²) in [5, 5.41) is 12.1. The Labute approximate surface area is 111 Å².